The monoisotopic (exact) mass is 287 g/mol. The van der Waals surface area contributed by atoms with Gasteiger partial charge in [-0.25, -0.2) is 0 Å². The number of rotatable bonds is 7. The van der Waals surface area contributed by atoms with E-state index in [1.165, 1.54) is 50.5 Å². The molecule has 0 bridgehead atoms. The highest BCUT2D eigenvalue weighted by atomic mass is 16.5. The maximum atomic E-state index is 5.98. The van der Waals surface area contributed by atoms with Gasteiger partial charge in [-0.15, -0.1) is 0 Å². The highest BCUT2D eigenvalue weighted by Gasteiger charge is 2.56. The molecule has 1 spiro atoms. The third-order valence-electron chi connectivity index (χ3n) is 5.56. The van der Waals surface area contributed by atoms with Gasteiger partial charge in [0.1, 0.15) is 0 Å². The third kappa shape index (κ3) is 3.17. The second-order valence-electron chi connectivity index (χ2n) is 6.72. The highest BCUT2D eigenvalue weighted by Crippen LogP contribution is 2.54. The van der Waals surface area contributed by atoms with Crippen LogP contribution in [0.15, 0.2) is 30.3 Å². The SMILES string of the molecule is CCOC1CC(NCCCc2ccccc2)C12CCCC2. The van der Waals surface area contributed by atoms with Gasteiger partial charge in [0, 0.05) is 18.1 Å². The predicted molar refractivity (Wildman–Crippen MR) is 87.5 cm³/mol. The average molecular weight is 287 g/mol. The molecule has 2 nitrogen and oxygen atoms in total. The molecule has 0 heterocycles. The molecular formula is C19H29NO. The first-order valence-electron chi connectivity index (χ1n) is 8.74. The molecule has 2 heteroatoms. The van der Waals surface area contributed by atoms with Crippen LogP contribution in [0.3, 0.4) is 0 Å². The maximum Gasteiger partial charge on any atom is 0.0661 e. The molecule has 2 aliphatic rings. The van der Waals surface area contributed by atoms with Gasteiger partial charge in [0.15, 0.2) is 0 Å². The molecule has 0 aromatic heterocycles. The third-order valence-corrected chi connectivity index (χ3v) is 5.56. The number of benzene rings is 1. The fraction of sp³-hybridized carbons (Fsp3) is 0.684. The summed E-state index contributed by atoms with van der Waals surface area (Å²) in [6.07, 6.45) is 9.69. The molecular weight excluding hydrogens is 258 g/mol. The number of aryl methyl sites for hydroxylation is 1. The van der Waals surface area contributed by atoms with Crippen LogP contribution in [0.25, 0.3) is 0 Å². The minimum absolute atomic E-state index is 0.475. The number of hydrogen-bond donors (Lipinski definition) is 1. The minimum Gasteiger partial charge on any atom is -0.378 e. The van der Waals surface area contributed by atoms with E-state index in [9.17, 15) is 0 Å². The molecule has 1 aromatic rings. The van der Waals surface area contributed by atoms with E-state index in [0.717, 1.165) is 13.2 Å². The van der Waals surface area contributed by atoms with Gasteiger partial charge in [-0.3, -0.25) is 0 Å². The first kappa shape index (κ1) is 15.1. The Labute approximate surface area is 129 Å². The van der Waals surface area contributed by atoms with Crippen molar-refractivity contribution >= 4 is 0 Å². The molecule has 2 saturated carbocycles. The van der Waals surface area contributed by atoms with Crippen LogP contribution < -0.4 is 5.32 Å². The zero-order valence-corrected chi connectivity index (χ0v) is 13.3. The summed E-state index contributed by atoms with van der Waals surface area (Å²) in [6, 6.07) is 11.5. The molecule has 21 heavy (non-hydrogen) atoms. The van der Waals surface area contributed by atoms with Crippen LogP contribution in [0.1, 0.15) is 51.0 Å². The molecule has 0 amide bonds. The van der Waals surface area contributed by atoms with Crippen LogP contribution in [-0.2, 0) is 11.2 Å². The average Bonchev–Trinajstić information content (AvgIpc) is 3.03. The predicted octanol–water partition coefficient (Wildman–Crippen LogP) is 3.95. The number of hydrogen-bond acceptors (Lipinski definition) is 2. The van der Waals surface area contributed by atoms with Gasteiger partial charge in [0.05, 0.1) is 6.10 Å². The van der Waals surface area contributed by atoms with Crippen molar-refractivity contribution in [2.45, 2.75) is 64.0 Å². The Hall–Kier alpha value is -0.860. The van der Waals surface area contributed by atoms with E-state index in [4.69, 9.17) is 4.74 Å². The summed E-state index contributed by atoms with van der Waals surface area (Å²) < 4.78 is 5.98. The van der Waals surface area contributed by atoms with Gasteiger partial charge in [0.2, 0.25) is 0 Å². The van der Waals surface area contributed by atoms with Gasteiger partial charge in [-0.1, -0.05) is 43.2 Å². The van der Waals surface area contributed by atoms with Crippen molar-refractivity contribution < 1.29 is 4.74 Å². The summed E-state index contributed by atoms with van der Waals surface area (Å²) in [6.45, 7) is 4.14. The normalized spacial score (nSPS) is 26.9. The van der Waals surface area contributed by atoms with Crippen LogP contribution in [0, 0.1) is 5.41 Å². The summed E-state index contributed by atoms with van der Waals surface area (Å²) in [5, 5.41) is 3.83. The maximum absolute atomic E-state index is 5.98. The van der Waals surface area contributed by atoms with Crippen molar-refractivity contribution in [3.05, 3.63) is 35.9 Å². The first-order valence-corrected chi connectivity index (χ1v) is 8.74. The lowest BCUT2D eigenvalue weighted by atomic mass is 9.60. The highest BCUT2D eigenvalue weighted by molar-refractivity contribution is 5.14. The number of ether oxygens (including phenoxy) is 1. The van der Waals surface area contributed by atoms with E-state index >= 15 is 0 Å². The molecule has 2 aliphatic carbocycles. The van der Waals surface area contributed by atoms with Gasteiger partial charge in [0.25, 0.3) is 0 Å². The Morgan fingerprint density at radius 3 is 2.67 bits per heavy atom. The largest absolute Gasteiger partial charge is 0.378 e. The van der Waals surface area contributed by atoms with Crippen LogP contribution in [0.4, 0.5) is 0 Å². The Kier molecular flexibility index (Phi) is 4.97. The molecule has 0 saturated heterocycles. The van der Waals surface area contributed by atoms with Crippen LogP contribution in [0.5, 0.6) is 0 Å². The van der Waals surface area contributed by atoms with Gasteiger partial charge in [-0.2, -0.15) is 0 Å². The summed E-state index contributed by atoms with van der Waals surface area (Å²) in [5.41, 5.74) is 1.93. The van der Waals surface area contributed by atoms with E-state index < -0.39 is 0 Å². The Balaban J connectivity index is 1.43. The summed E-state index contributed by atoms with van der Waals surface area (Å²) in [7, 11) is 0. The zero-order valence-electron chi connectivity index (χ0n) is 13.3. The Bertz CT molecular complexity index is 424. The Morgan fingerprint density at radius 2 is 1.95 bits per heavy atom. The van der Waals surface area contributed by atoms with Crippen molar-refractivity contribution in [2.24, 2.45) is 5.41 Å². The molecule has 116 valence electrons. The van der Waals surface area contributed by atoms with E-state index in [0.29, 0.717) is 17.6 Å². The molecule has 0 radical (unpaired) electrons. The molecule has 0 aliphatic heterocycles. The lowest BCUT2D eigenvalue weighted by Gasteiger charge is -2.54. The number of nitrogens with one attached hydrogen (secondary N) is 1. The molecule has 1 aromatic carbocycles. The minimum atomic E-state index is 0.475. The summed E-state index contributed by atoms with van der Waals surface area (Å²) in [4.78, 5) is 0. The fourth-order valence-corrected chi connectivity index (χ4v) is 4.39. The van der Waals surface area contributed by atoms with Crippen molar-refractivity contribution in [1.82, 2.24) is 5.32 Å². The van der Waals surface area contributed by atoms with Gasteiger partial charge >= 0.3 is 0 Å². The van der Waals surface area contributed by atoms with Crippen LogP contribution in [0.2, 0.25) is 0 Å². The molecule has 3 rings (SSSR count). The van der Waals surface area contributed by atoms with Crippen molar-refractivity contribution in [3.8, 4) is 0 Å². The molecule has 2 atom stereocenters. The molecule has 2 fully saturated rings. The van der Waals surface area contributed by atoms with Gasteiger partial charge in [-0.05, 0) is 51.1 Å². The van der Waals surface area contributed by atoms with E-state index in [1.807, 2.05) is 0 Å². The lowest BCUT2D eigenvalue weighted by Crippen LogP contribution is -2.62. The summed E-state index contributed by atoms with van der Waals surface area (Å²) >= 11 is 0. The van der Waals surface area contributed by atoms with Crippen LogP contribution >= 0.6 is 0 Å². The van der Waals surface area contributed by atoms with Crippen molar-refractivity contribution in [2.75, 3.05) is 13.2 Å². The first-order chi connectivity index (χ1) is 10.3. The van der Waals surface area contributed by atoms with E-state index in [2.05, 4.69) is 42.6 Å². The fourth-order valence-electron chi connectivity index (χ4n) is 4.39. The smallest absolute Gasteiger partial charge is 0.0661 e. The lowest BCUT2D eigenvalue weighted by molar-refractivity contribution is -0.130. The second kappa shape index (κ2) is 6.93. The Morgan fingerprint density at radius 1 is 1.19 bits per heavy atom. The standard InChI is InChI=1S/C19H29NO/c1-2-21-18-15-17(19(18)12-6-7-13-19)20-14-8-11-16-9-4-3-5-10-16/h3-5,9-10,17-18,20H,2,6-8,11-15H2,1H3. The van der Waals surface area contributed by atoms with Crippen molar-refractivity contribution in [3.63, 3.8) is 0 Å². The van der Waals surface area contributed by atoms with Crippen molar-refractivity contribution in [1.29, 1.82) is 0 Å². The summed E-state index contributed by atoms with van der Waals surface area (Å²) in [5.74, 6) is 0. The zero-order chi connectivity index (χ0) is 14.5. The van der Waals surface area contributed by atoms with Gasteiger partial charge < -0.3 is 10.1 Å². The molecule has 2 unspecified atom stereocenters. The second-order valence-corrected chi connectivity index (χ2v) is 6.72. The van der Waals surface area contributed by atoms with E-state index in [-0.39, 0.29) is 0 Å². The molecule has 1 N–H and O–H groups in total. The topological polar surface area (TPSA) is 21.3 Å². The van der Waals surface area contributed by atoms with Crippen LogP contribution in [-0.4, -0.2) is 25.3 Å². The van der Waals surface area contributed by atoms with E-state index in [1.54, 1.807) is 0 Å². The quantitative estimate of drug-likeness (QED) is 0.767.